The number of aromatic nitrogens is 1. The van der Waals surface area contributed by atoms with E-state index < -0.39 is 0 Å². The van der Waals surface area contributed by atoms with Crippen molar-refractivity contribution in [3.05, 3.63) is 42.2 Å². The summed E-state index contributed by atoms with van der Waals surface area (Å²) in [4.78, 5) is 4.15. The van der Waals surface area contributed by atoms with E-state index in [2.05, 4.69) is 11.6 Å². The summed E-state index contributed by atoms with van der Waals surface area (Å²) in [5, 5.41) is 0. The van der Waals surface area contributed by atoms with Crippen LogP contribution < -0.4 is 5.73 Å². The molecule has 1 aromatic heterocycles. The van der Waals surface area contributed by atoms with Crippen LogP contribution >= 0.6 is 12.4 Å². The molecule has 0 fully saturated rings. The van der Waals surface area contributed by atoms with Crippen LogP contribution in [-0.2, 0) is 0 Å². The minimum atomic E-state index is -0.142. The average Bonchev–Trinajstić information content (AvgIpc) is 2.04. The van der Waals surface area contributed by atoms with Gasteiger partial charge in [0.25, 0.3) is 0 Å². The molecule has 1 heterocycles. The maximum Gasteiger partial charge on any atom is 0.0656 e. The van der Waals surface area contributed by atoms with Crippen LogP contribution in [0.25, 0.3) is 0 Å². The molecule has 0 saturated heterocycles. The Labute approximate surface area is 78.9 Å². The summed E-state index contributed by atoms with van der Waals surface area (Å²) in [5.41, 5.74) is 7.73. The van der Waals surface area contributed by atoms with Gasteiger partial charge in [0.2, 0.25) is 0 Å². The van der Waals surface area contributed by atoms with Gasteiger partial charge in [0.05, 0.1) is 11.7 Å². The Morgan fingerprint density at radius 1 is 1.67 bits per heavy atom. The van der Waals surface area contributed by atoms with Crippen LogP contribution in [-0.4, -0.2) is 4.98 Å². The molecule has 0 radical (unpaired) electrons. The summed E-state index contributed by atoms with van der Waals surface area (Å²) in [5.74, 6) is 0. The molecular formula is C9H13ClN2. The van der Waals surface area contributed by atoms with E-state index in [1.165, 1.54) is 0 Å². The fourth-order valence-electron chi connectivity index (χ4n) is 0.958. The highest BCUT2D eigenvalue weighted by Crippen LogP contribution is 2.11. The number of hydrogen-bond acceptors (Lipinski definition) is 2. The van der Waals surface area contributed by atoms with Gasteiger partial charge < -0.3 is 5.73 Å². The summed E-state index contributed by atoms with van der Waals surface area (Å²) >= 11 is 0. The molecule has 66 valence electrons. The zero-order valence-corrected chi connectivity index (χ0v) is 7.84. The Kier molecular flexibility index (Phi) is 4.55. The molecule has 0 unspecified atom stereocenters. The molecule has 1 aromatic rings. The quantitative estimate of drug-likeness (QED) is 0.715. The van der Waals surface area contributed by atoms with Gasteiger partial charge in [-0.05, 0) is 18.6 Å². The predicted octanol–water partition coefficient (Wildman–Crippen LogP) is 2.00. The van der Waals surface area contributed by atoms with Crippen molar-refractivity contribution in [2.24, 2.45) is 5.73 Å². The second kappa shape index (κ2) is 4.91. The molecule has 0 amide bonds. The Morgan fingerprint density at radius 3 is 2.83 bits per heavy atom. The number of pyridine rings is 1. The third-order valence-electron chi connectivity index (χ3n) is 1.62. The summed E-state index contributed by atoms with van der Waals surface area (Å²) < 4.78 is 0. The minimum absolute atomic E-state index is 0. The summed E-state index contributed by atoms with van der Waals surface area (Å²) in [6.45, 7) is 5.60. The van der Waals surface area contributed by atoms with Crippen molar-refractivity contribution < 1.29 is 0 Å². The molecular weight excluding hydrogens is 172 g/mol. The zero-order valence-electron chi connectivity index (χ0n) is 7.03. The molecule has 2 N–H and O–H groups in total. The number of halogens is 1. The maximum absolute atomic E-state index is 5.71. The molecule has 1 atom stereocenters. The van der Waals surface area contributed by atoms with Gasteiger partial charge in [0, 0.05) is 6.20 Å². The highest BCUT2D eigenvalue weighted by atomic mass is 35.5. The standard InChI is InChI=1S/C9H12N2.ClH/c1-3-8(10)9-7(2)5-4-6-11-9;/h3-6,8H,1,10H2,2H3;1H/t8-;/m1./s1. The predicted molar refractivity (Wildman–Crippen MR) is 53.3 cm³/mol. The van der Waals surface area contributed by atoms with Gasteiger partial charge in [0.15, 0.2) is 0 Å². The lowest BCUT2D eigenvalue weighted by Crippen LogP contribution is -2.09. The van der Waals surface area contributed by atoms with Crippen LogP contribution in [0.2, 0.25) is 0 Å². The van der Waals surface area contributed by atoms with Gasteiger partial charge in [-0.3, -0.25) is 4.98 Å². The fourth-order valence-corrected chi connectivity index (χ4v) is 0.958. The summed E-state index contributed by atoms with van der Waals surface area (Å²) in [7, 11) is 0. The topological polar surface area (TPSA) is 38.9 Å². The van der Waals surface area contributed by atoms with Gasteiger partial charge in [-0.25, -0.2) is 0 Å². The zero-order chi connectivity index (χ0) is 8.27. The molecule has 2 nitrogen and oxygen atoms in total. The number of rotatable bonds is 2. The van der Waals surface area contributed by atoms with Gasteiger partial charge >= 0.3 is 0 Å². The number of nitrogens with zero attached hydrogens (tertiary/aromatic N) is 1. The molecule has 0 saturated carbocycles. The van der Waals surface area contributed by atoms with E-state index in [-0.39, 0.29) is 18.4 Å². The molecule has 0 aliphatic carbocycles. The first-order valence-electron chi connectivity index (χ1n) is 3.55. The Balaban J connectivity index is 0.00000121. The van der Waals surface area contributed by atoms with E-state index in [4.69, 9.17) is 5.73 Å². The Hall–Kier alpha value is -0.860. The van der Waals surface area contributed by atoms with Crippen molar-refractivity contribution in [1.82, 2.24) is 4.98 Å². The fraction of sp³-hybridized carbons (Fsp3) is 0.222. The van der Waals surface area contributed by atoms with Crippen LogP contribution in [0.5, 0.6) is 0 Å². The summed E-state index contributed by atoms with van der Waals surface area (Å²) in [6.07, 6.45) is 3.43. The highest BCUT2D eigenvalue weighted by molar-refractivity contribution is 5.85. The number of aryl methyl sites for hydroxylation is 1. The van der Waals surface area contributed by atoms with Crippen LogP contribution in [0, 0.1) is 6.92 Å². The normalized spacial score (nSPS) is 11.5. The second-order valence-electron chi connectivity index (χ2n) is 2.47. The molecule has 0 aromatic carbocycles. The number of hydrogen-bond donors (Lipinski definition) is 1. The van der Waals surface area contributed by atoms with E-state index in [0.29, 0.717) is 0 Å². The van der Waals surface area contributed by atoms with Crippen molar-refractivity contribution in [2.75, 3.05) is 0 Å². The van der Waals surface area contributed by atoms with Gasteiger partial charge in [-0.15, -0.1) is 19.0 Å². The summed E-state index contributed by atoms with van der Waals surface area (Å²) in [6, 6.07) is 3.75. The molecule has 3 heteroatoms. The lowest BCUT2D eigenvalue weighted by atomic mass is 10.1. The molecule has 0 bridgehead atoms. The van der Waals surface area contributed by atoms with Crippen molar-refractivity contribution in [3.8, 4) is 0 Å². The maximum atomic E-state index is 5.71. The van der Waals surface area contributed by atoms with E-state index in [9.17, 15) is 0 Å². The first kappa shape index (κ1) is 11.1. The highest BCUT2D eigenvalue weighted by Gasteiger charge is 2.03. The Morgan fingerprint density at radius 2 is 2.33 bits per heavy atom. The van der Waals surface area contributed by atoms with Crippen LogP contribution in [0.1, 0.15) is 17.3 Å². The molecule has 1 rings (SSSR count). The van der Waals surface area contributed by atoms with Gasteiger partial charge in [-0.2, -0.15) is 0 Å². The van der Waals surface area contributed by atoms with Gasteiger partial charge in [0.1, 0.15) is 0 Å². The van der Waals surface area contributed by atoms with E-state index >= 15 is 0 Å². The number of nitrogens with two attached hydrogens (primary N) is 1. The first-order valence-corrected chi connectivity index (χ1v) is 3.55. The minimum Gasteiger partial charge on any atom is -0.319 e. The molecule has 12 heavy (non-hydrogen) atoms. The smallest absolute Gasteiger partial charge is 0.0656 e. The molecule has 0 aliphatic rings. The largest absolute Gasteiger partial charge is 0.319 e. The van der Waals surface area contributed by atoms with E-state index in [1.54, 1.807) is 12.3 Å². The lowest BCUT2D eigenvalue weighted by molar-refractivity contribution is 0.851. The van der Waals surface area contributed by atoms with Crippen molar-refractivity contribution in [2.45, 2.75) is 13.0 Å². The third-order valence-corrected chi connectivity index (χ3v) is 1.62. The second-order valence-corrected chi connectivity index (χ2v) is 2.47. The monoisotopic (exact) mass is 184 g/mol. The average molecular weight is 185 g/mol. The lowest BCUT2D eigenvalue weighted by Gasteiger charge is -2.07. The van der Waals surface area contributed by atoms with E-state index in [0.717, 1.165) is 11.3 Å². The molecule has 0 spiro atoms. The Bertz CT molecular complexity index is 260. The third kappa shape index (κ3) is 2.32. The van der Waals surface area contributed by atoms with Crippen LogP contribution in [0.4, 0.5) is 0 Å². The van der Waals surface area contributed by atoms with Crippen molar-refractivity contribution in [3.63, 3.8) is 0 Å². The van der Waals surface area contributed by atoms with Crippen molar-refractivity contribution in [1.29, 1.82) is 0 Å². The van der Waals surface area contributed by atoms with Crippen LogP contribution in [0.15, 0.2) is 31.0 Å². The molecule has 0 aliphatic heterocycles. The van der Waals surface area contributed by atoms with E-state index in [1.807, 2.05) is 19.1 Å². The van der Waals surface area contributed by atoms with Gasteiger partial charge in [-0.1, -0.05) is 12.1 Å². The first-order chi connectivity index (χ1) is 5.25. The van der Waals surface area contributed by atoms with Crippen molar-refractivity contribution >= 4 is 12.4 Å². The van der Waals surface area contributed by atoms with Crippen LogP contribution in [0.3, 0.4) is 0 Å². The SMILES string of the molecule is C=C[C@@H](N)c1ncccc1C.Cl.